The Hall–Kier alpha value is -5.44. The number of carboxylic acid groups (broad SMARTS) is 1. The summed E-state index contributed by atoms with van der Waals surface area (Å²) in [5, 5.41) is 10.0. The largest absolute Gasteiger partial charge is 0.480 e. The van der Waals surface area contributed by atoms with Crippen LogP contribution in [0.25, 0.3) is 11.1 Å². The molecule has 1 aliphatic rings. The van der Waals surface area contributed by atoms with Gasteiger partial charge in [-0.2, -0.15) is 4.90 Å². The molecule has 4 aromatic carbocycles. The standard InChI is InChI=1S/C34H29NO8/c36-31(41-20-23-11-3-1-4-12-23)19-30(32(37)38)35(33(39)42-21-24-13-5-2-6-14-24)34(40)43-22-29-27-17-9-7-15-25(27)26-16-8-10-18-28(26)29/h1-18,29-30H,19-22H2,(H,37,38)/t30-/m0/s1. The van der Waals surface area contributed by atoms with Gasteiger partial charge in [0.2, 0.25) is 0 Å². The molecule has 0 spiro atoms. The summed E-state index contributed by atoms with van der Waals surface area (Å²) >= 11 is 0. The van der Waals surface area contributed by atoms with Crippen molar-refractivity contribution in [3.05, 3.63) is 131 Å². The second kappa shape index (κ2) is 13.5. The average molecular weight is 580 g/mol. The van der Waals surface area contributed by atoms with Gasteiger partial charge in [0.15, 0.2) is 6.04 Å². The van der Waals surface area contributed by atoms with Crippen molar-refractivity contribution in [1.29, 1.82) is 0 Å². The number of hydrogen-bond acceptors (Lipinski definition) is 7. The Balaban J connectivity index is 1.34. The van der Waals surface area contributed by atoms with Crippen molar-refractivity contribution in [2.24, 2.45) is 0 Å². The second-order valence-corrected chi connectivity index (χ2v) is 9.92. The van der Waals surface area contributed by atoms with E-state index in [1.54, 1.807) is 60.7 Å². The van der Waals surface area contributed by atoms with Gasteiger partial charge in [0.05, 0.1) is 6.42 Å². The van der Waals surface area contributed by atoms with Gasteiger partial charge in [0, 0.05) is 5.92 Å². The molecule has 0 saturated heterocycles. The van der Waals surface area contributed by atoms with Gasteiger partial charge in [0.1, 0.15) is 19.8 Å². The molecule has 0 radical (unpaired) electrons. The molecule has 1 N–H and O–H groups in total. The normalized spacial score (nSPS) is 12.4. The van der Waals surface area contributed by atoms with E-state index in [2.05, 4.69) is 0 Å². The van der Waals surface area contributed by atoms with Crippen molar-refractivity contribution in [3.63, 3.8) is 0 Å². The molecule has 2 amide bonds. The molecule has 0 saturated carbocycles. The molecule has 0 bridgehead atoms. The number of hydrogen-bond donors (Lipinski definition) is 1. The number of carbonyl (C=O) groups is 4. The van der Waals surface area contributed by atoms with Crippen LogP contribution < -0.4 is 0 Å². The van der Waals surface area contributed by atoms with Crippen molar-refractivity contribution < 1.29 is 38.5 Å². The predicted octanol–water partition coefficient (Wildman–Crippen LogP) is 6.16. The first kappa shape index (κ1) is 29.1. The fraction of sp³-hybridized carbons (Fsp3) is 0.176. The van der Waals surface area contributed by atoms with E-state index < -0.39 is 36.6 Å². The number of benzene rings is 4. The first-order chi connectivity index (χ1) is 20.9. The lowest BCUT2D eigenvalue weighted by molar-refractivity contribution is -0.152. The number of rotatable bonds is 10. The van der Waals surface area contributed by atoms with Crippen LogP contribution in [0.15, 0.2) is 109 Å². The van der Waals surface area contributed by atoms with Gasteiger partial charge < -0.3 is 19.3 Å². The van der Waals surface area contributed by atoms with Crippen LogP contribution in [0.1, 0.15) is 34.6 Å². The zero-order valence-electron chi connectivity index (χ0n) is 23.1. The van der Waals surface area contributed by atoms with E-state index in [1.807, 2.05) is 48.5 Å². The number of ether oxygens (including phenoxy) is 3. The quantitative estimate of drug-likeness (QED) is 0.175. The van der Waals surface area contributed by atoms with E-state index in [0.717, 1.165) is 22.3 Å². The van der Waals surface area contributed by atoms with E-state index in [4.69, 9.17) is 14.2 Å². The summed E-state index contributed by atoms with van der Waals surface area (Å²) in [6, 6.07) is 31.0. The van der Waals surface area contributed by atoms with Crippen LogP contribution in [0.5, 0.6) is 0 Å². The Kier molecular flexibility index (Phi) is 9.11. The Morgan fingerprint density at radius 2 is 1.09 bits per heavy atom. The summed E-state index contributed by atoms with van der Waals surface area (Å²) in [4.78, 5) is 52.1. The highest BCUT2D eigenvalue weighted by Gasteiger charge is 2.40. The molecular formula is C34H29NO8. The lowest BCUT2D eigenvalue weighted by Gasteiger charge is -2.26. The van der Waals surface area contributed by atoms with Crippen LogP contribution in [0, 0.1) is 0 Å². The molecule has 5 rings (SSSR count). The smallest absolute Gasteiger partial charge is 0.420 e. The number of nitrogens with zero attached hydrogens (tertiary/aromatic N) is 1. The number of fused-ring (bicyclic) bond motifs is 3. The van der Waals surface area contributed by atoms with Gasteiger partial charge in [-0.1, -0.05) is 109 Å². The summed E-state index contributed by atoms with van der Waals surface area (Å²) in [5.41, 5.74) is 5.20. The molecule has 9 nitrogen and oxygen atoms in total. The van der Waals surface area contributed by atoms with Gasteiger partial charge in [-0.15, -0.1) is 0 Å². The van der Waals surface area contributed by atoms with E-state index in [9.17, 15) is 24.3 Å². The minimum atomic E-state index is -1.93. The second-order valence-electron chi connectivity index (χ2n) is 9.92. The molecule has 0 heterocycles. The van der Waals surface area contributed by atoms with Crippen molar-refractivity contribution in [1.82, 2.24) is 4.90 Å². The monoisotopic (exact) mass is 579 g/mol. The van der Waals surface area contributed by atoms with Crippen LogP contribution >= 0.6 is 0 Å². The highest BCUT2D eigenvalue weighted by molar-refractivity contribution is 5.95. The maximum absolute atomic E-state index is 13.5. The zero-order chi connectivity index (χ0) is 30.2. The summed E-state index contributed by atoms with van der Waals surface area (Å²) in [5.74, 6) is -2.84. The van der Waals surface area contributed by atoms with Crippen molar-refractivity contribution in [2.45, 2.75) is 31.6 Å². The summed E-state index contributed by atoms with van der Waals surface area (Å²) in [6.45, 7) is -0.493. The number of carbonyl (C=O) groups excluding carboxylic acids is 3. The fourth-order valence-corrected chi connectivity index (χ4v) is 5.03. The van der Waals surface area contributed by atoms with Crippen LogP contribution in [0.2, 0.25) is 0 Å². The molecule has 1 aliphatic carbocycles. The maximum Gasteiger partial charge on any atom is 0.420 e. The minimum absolute atomic E-state index is 0.102. The molecule has 9 heteroatoms. The lowest BCUT2D eigenvalue weighted by Crippen LogP contribution is -2.50. The van der Waals surface area contributed by atoms with Gasteiger partial charge in [-0.25, -0.2) is 14.4 Å². The van der Waals surface area contributed by atoms with Crippen LogP contribution in [-0.4, -0.2) is 46.8 Å². The summed E-state index contributed by atoms with van der Waals surface area (Å²) < 4.78 is 16.1. The number of esters is 1. The van der Waals surface area contributed by atoms with E-state index in [1.165, 1.54) is 0 Å². The molecular weight excluding hydrogens is 550 g/mol. The third-order valence-corrected chi connectivity index (χ3v) is 7.13. The Morgan fingerprint density at radius 1 is 0.628 bits per heavy atom. The zero-order valence-corrected chi connectivity index (χ0v) is 23.1. The van der Waals surface area contributed by atoms with E-state index in [0.29, 0.717) is 16.0 Å². The summed E-state index contributed by atoms with van der Waals surface area (Å²) in [6.07, 6.45) is -3.31. The molecule has 4 aromatic rings. The third kappa shape index (κ3) is 6.90. The number of amides is 2. The molecule has 0 aromatic heterocycles. The Morgan fingerprint density at radius 3 is 1.63 bits per heavy atom. The molecule has 0 aliphatic heterocycles. The van der Waals surface area contributed by atoms with Crippen LogP contribution in [0.3, 0.4) is 0 Å². The highest BCUT2D eigenvalue weighted by Crippen LogP contribution is 2.44. The molecule has 1 atom stereocenters. The maximum atomic E-state index is 13.5. The SMILES string of the molecule is O=C(C[C@@H](C(=O)O)N(C(=O)OCc1ccccc1)C(=O)OCC1c2ccccc2-c2ccccc21)OCc1ccccc1. The highest BCUT2D eigenvalue weighted by atomic mass is 16.6. The molecule has 218 valence electrons. The Bertz CT molecular complexity index is 1560. The van der Waals surface area contributed by atoms with Crippen molar-refractivity contribution in [3.8, 4) is 11.1 Å². The molecule has 43 heavy (non-hydrogen) atoms. The average Bonchev–Trinajstić information content (AvgIpc) is 3.36. The van der Waals surface area contributed by atoms with Gasteiger partial charge in [-0.05, 0) is 33.4 Å². The van der Waals surface area contributed by atoms with Gasteiger partial charge in [0.25, 0.3) is 0 Å². The minimum Gasteiger partial charge on any atom is -0.480 e. The van der Waals surface area contributed by atoms with Crippen LogP contribution in [0.4, 0.5) is 9.59 Å². The fourth-order valence-electron chi connectivity index (χ4n) is 5.03. The number of carboxylic acids is 1. The summed E-state index contributed by atoms with van der Waals surface area (Å²) in [7, 11) is 0. The predicted molar refractivity (Wildman–Crippen MR) is 156 cm³/mol. The Labute approximate surface area is 248 Å². The van der Waals surface area contributed by atoms with E-state index in [-0.39, 0.29) is 25.7 Å². The van der Waals surface area contributed by atoms with Gasteiger partial charge >= 0.3 is 24.1 Å². The number of imide groups is 1. The first-order valence-electron chi connectivity index (χ1n) is 13.7. The van der Waals surface area contributed by atoms with E-state index >= 15 is 0 Å². The third-order valence-electron chi connectivity index (χ3n) is 7.13. The van der Waals surface area contributed by atoms with Gasteiger partial charge in [-0.3, -0.25) is 4.79 Å². The lowest BCUT2D eigenvalue weighted by atomic mass is 9.98. The van der Waals surface area contributed by atoms with Crippen LogP contribution in [-0.2, 0) is 37.0 Å². The molecule has 0 fully saturated rings. The first-order valence-corrected chi connectivity index (χ1v) is 13.7. The van der Waals surface area contributed by atoms with Crippen molar-refractivity contribution in [2.75, 3.05) is 6.61 Å². The van der Waals surface area contributed by atoms with Crippen molar-refractivity contribution >= 4 is 24.1 Å². The molecule has 0 unspecified atom stereocenters. The topological polar surface area (TPSA) is 119 Å². The number of aliphatic carboxylic acids is 1.